The molecule has 3 heterocycles. The molecule has 152 valence electrons. The van der Waals surface area contributed by atoms with Gasteiger partial charge in [-0.15, -0.1) is 0 Å². The average molecular weight is 394 g/mol. The van der Waals surface area contributed by atoms with Gasteiger partial charge < -0.3 is 29.8 Å². The lowest BCUT2D eigenvalue weighted by Crippen LogP contribution is -2.51. The number of para-hydroxylation sites is 2. The first-order valence-electron chi connectivity index (χ1n) is 9.99. The number of nitrogens with zero attached hydrogens (tertiary/aromatic N) is 1. The van der Waals surface area contributed by atoms with Crippen molar-refractivity contribution in [2.24, 2.45) is 0 Å². The van der Waals surface area contributed by atoms with Crippen LogP contribution in [0.5, 0.6) is 0 Å². The van der Waals surface area contributed by atoms with E-state index in [4.69, 9.17) is 9.47 Å². The van der Waals surface area contributed by atoms with Gasteiger partial charge in [-0.1, -0.05) is 18.2 Å². The summed E-state index contributed by atoms with van der Waals surface area (Å²) in [6, 6.07) is 16.7. The molecule has 0 aliphatic carbocycles. The number of methoxy groups -OCH3 is 1. The first-order chi connectivity index (χ1) is 14.3. The van der Waals surface area contributed by atoms with E-state index in [1.54, 1.807) is 7.11 Å². The van der Waals surface area contributed by atoms with Crippen molar-refractivity contribution in [1.29, 1.82) is 0 Å². The maximum Gasteiger partial charge on any atom is 0.157 e. The molecule has 0 spiro atoms. The first-order valence-corrected chi connectivity index (χ1v) is 9.99. The highest BCUT2D eigenvalue weighted by Crippen LogP contribution is 2.39. The number of aromatic nitrogens is 1. The van der Waals surface area contributed by atoms with E-state index in [1.165, 1.54) is 10.9 Å². The lowest BCUT2D eigenvalue weighted by Gasteiger charge is -2.32. The van der Waals surface area contributed by atoms with Gasteiger partial charge in [0.1, 0.15) is 12.3 Å². The molecule has 5 rings (SSSR count). The third-order valence-corrected chi connectivity index (χ3v) is 5.84. The highest BCUT2D eigenvalue weighted by atomic mass is 16.6. The Labute approximate surface area is 169 Å². The molecule has 1 fully saturated rings. The van der Waals surface area contributed by atoms with Crippen molar-refractivity contribution >= 4 is 22.3 Å². The standard InChI is InChI=1S/C22H26N4O3/c1-28-19-11-21(29-20(19)13-27)26-18-5-3-2-4-17(18)25-22(26)24-12-14-6-7-16-15(10-14)8-9-23-16/h2-10,19-25,27H,11-13H2,1H3/t19-,20+,21+,22?/m0/s1. The van der Waals surface area contributed by atoms with Gasteiger partial charge in [-0.25, -0.2) is 0 Å². The van der Waals surface area contributed by atoms with E-state index in [1.807, 2.05) is 18.3 Å². The van der Waals surface area contributed by atoms with E-state index in [0.717, 1.165) is 16.9 Å². The summed E-state index contributed by atoms with van der Waals surface area (Å²) >= 11 is 0. The zero-order valence-electron chi connectivity index (χ0n) is 16.3. The van der Waals surface area contributed by atoms with Gasteiger partial charge in [-0.05, 0) is 41.3 Å². The monoisotopic (exact) mass is 394 g/mol. The molecule has 0 radical (unpaired) electrons. The smallest absolute Gasteiger partial charge is 0.157 e. The summed E-state index contributed by atoms with van der Waals surface area (Å²) in [7, 11) is 1.67. The molecule has 4 N–H and O–H groups in total. The zero-order valence-corrected chi connectivity index (χ0v) is 16.3. The van der Waals surface area contributed by atoms with Crippen molar-refractivity contribution in [2.75, 3.05) is 23.9 Å². The van der Waals surface area contributed by atoms with Crippen molar-refractivity contribution < 1.29 is 14.6 Å². The Morgan fingerprint density at radius 1 is 1.24 bits per heavy atom. The Kier molecular flexibility index (Phi) is 4.89. The van der Waals surface area contributed by atoms with E-state index in [2.05, 4.69) is 56.9 Å². The van der Waals surface area contributed by atoms with Gasteiger partial charge in [0.25, 0.3) is 0 Å². The summed E-state index contributed by atoms with van der Waals surface area (Å²) in [6.07, 6.45) is 1.93. The summed E-state index contributed by atoms with van der Waals surface area (Å²) in [5, 5.41) is 18.0. The third-order valence-electron chi connectivity index (χ3n) is 5.84. The normalized spacial score (nSPS) is 26.1. The van der Waals surface area contributed by atoms with Gasteiger partial charge in [-0.3, -0.25) is 5.32 Å². The number of fused-ring (bicyclic) bond motifs is 2. The van der Waals surface area contributed by atoms with Gasteiger partial charge in [0.05, 0.1) is 24.1 Å². The van der Waals surface area contributed by atoms with Crippen LogP contribution in [-0.4, -0.2) is 48.5 Å². The summed E-state index contributed by atoms with van der Waals surface area (Å²) < 4.78 is 11.7. The number of hydrogen-bond donors (Lipinski definition) is 4. The minimum absolute atomic E-state index is 0.0489. The van der Waals surface area contributed by atoms with Crippen LogP contribution in [0.1, 0.15) is 12.0 Å². The maximum atomic E-state index is 9.65. The maximum absolute atomic E-state index is 9.65. The topological polar surface area (TPSA) is 81.8 Å². The summed E-state index contributed by atoms with van der Waals surface area (Å²) in [4.78, 5) is 5.44. The van der Waals surface area contributed by atoms with Crippen LogP contribution >= 0.6 is 0 Å². The fourth-order valence-electron chi connectivity index (χ4n) is 4.36. The molecule has 0 bridgehead atoms. The molecule has 7 nitrogen and oxygen atoms in total. The van der Waals surface area contributed by atoms with Crippen LogP contribution in [0.2, 0.25) is 0 Å². The molecule has 2 aliphatic rings. The Bertz CT molecular complexity index is 979. The highest BCUT2D eigenvalue weighted by Gasteiger charge is 2.43. The number of hydrogen-bond acceptors (Lipinski definition) is 6. The minimum atomic E-state index is -0.311. The van der Waals surface area contributed by atoms with Crippen LogP contribution in [0.3, 0.4) is 0 Å². The van der Waals surface area contributed by atoms with Crippen molar-refractivity contribution in [3.05, 3.63) is 60.3 Å². The van der Waals surface area contributed by atoms with Crippen LogP contribution in [0.25, 0.3) is 10.9 Å². The quantitative estimate of drug-likeness (QED) is 0.515. The number of aromatic amines is 1. The predicted octanol–water partition coefficient (Wildman–Crippen LogP) is 2.60. The molecule has 0 saturated carbocycles. The van der Waals surface area contributed by atoms with Gasteiger partial charge >= 0.3 is 0 Å². The number of benzene rings is 2. The van der Waals surface area contributed by atoms with Crippen molar-refractivity contribution in [3.63, 3.8) is 0 Å². The molecule has 2 aliphatic heterocycles. The molecule has 7 heteroatoms. The Morgan fingerprint density at radius 3 is 2.97 bits per heavy atom. The fraction of sp³-hybridized carbons (Fsp3) is 0.364. The zero-order chi connectivity index (χ0) is 19.8. The van der Waals surface area contributed by atoms with Crippen LogP contribution in [0.4, 0.5) is 11.4 Å². The minimum Gasteiger partial charge on any atom is -0.394 e. The van der Waals surface area contributed by atoms with E-state index >= 15 is 0 Å². The molecule has 0 amide bonds. The van der Waals surface area contributed by atoms with Crippen LogP contribution in [0, 0.1) is 0 Å². The van der Waals surface area contributed by atoms with Crippen LogP contribution in [-0.2, 0) is 16.0 Å². The second kappa shape index (κ2) is 7.68. The molecule has 29 heavy (non-hydrogen) atoms. The number of aliphatic hydroxyl groups is 1. The number of ether oxygens (including phenoxy) is 2. The Balaban J connectivity index is 1.36. The number of nitrogens with one attached hydrogen (secondary N) is 3. The second-order valence-electron chi connectivity index (χ2n) is 7.57. The average Bonchev–Trinajstić information content (AvgIpc) is 3.46. The van der Waals surface area contributed by atoms with E-state index in [-0.39, 0.29) is 31.3 Å². The van der Waals surface area contributed by atoms with E-state index < -0.39 is 0 Å². The van der Waals surface area contributed by atoms with Gasteiger partial charge in [0, 0.05) is 31.8 Å². The molecule has 4 atom stereocenters. The molecule has 1 aromatic heterocycles. The Hall–Kier alpha value is -2.58. The largest absolute Gasteiger partial charge is 0.394 e. The van der Waals surface area contributed by atoms with Gasteiger partial charge in [0.2, 0.25) is 0 Å². The van der Waals surface area contributed by atoms with Crippen LogP contribution < -0.4 is 15.5 Å². The van der Waals surface area contributed by atoms with E-state index in [0.29, 0.717) is 13.0 Å². The number of aliphatic hydroxyl groups excluding tert-OH is 1. The fourth-order valence-corrected chi connectivity index (χ4v) is 4.36. The SMILES string of the molecule is CO[C@H]1C[C@H](N2c3ccccc3NC2NCc2ccc3[nH]ccc3c2)O[C@@H]1CO. The van der Waals surface area contributed by atoms with Crippen molar-refractivity contribution in [3.8, 4) is 0 Å². The lowest BCUT2D eigenvalue weighted by molar-refractivity contribution is -0.0354. The second-order valence-corrected chi connectivity index (χ2v) is 7.57. The molecule has 1 unspecified atom stereocenters. The third kappa shape index (κ3) is 3.36. The van der Waals surface area contributed by atoms with Crippen molar-refractivity contribution in [2.45, 2.75) is 37.7 Å². The number of anilines is 2. The van der Waals surface area contributed by atoms with Gasteiger partial charge in [-0.2, -0.15) is 0 Å². The molecule has 1 saturated heterocycles. The molecular weight excluding hydrogens is 368 g/mol. The number of H-pyrrole nitrogens is 1. The van der Waals surface area contributed by atoms with Gasteiger partial charge in [0.15, 0.2) is 6.29 Å². The summed E-state index contributed by atoms with van der Waals surface area (Å²) in [6.45, 7) is 0.666. The molecule has 3 aromatic rings. The highest BCUT2D eigenvalue weighted by molar-refractivity contribution is 5.80. The lowest BCUT2D eigenvalue weighted by atomic mass is 10.1. The predicted molar refractivity (Wildman–Crippen MR) is 113 cm³/mol. The number of rotatable bonds is 6. The molecule has 2 aromatic carbocycles. The van der Waals surface area contributed by atoms with E-state index in [9.17, 15) is 5.11 Å². The first kappa shape index (κ1) is 18.4. The van der Waals surface area contributed by atoms with Crippen molar-refractivity contribution in [1.82, 2.24) is 10.3 Å². The van der Waals surface area contributed by atoms with Crippen LogP contribution in [0.15, 0.2) is 54.7 Å². The summed E-state index contributed by atoms with van der Waals surface area (Å²) in [5.74, 6) is 0. The molecular formula is C22H26N4O3. The Morgan fingerprint density at radius 2 is 2.14 bits per heavy atom. The summed E-state index contributed by atoms with van der Waals surface area (Å²) in [5.41, 5.74) is 4.51.